The van der Waals surface area contributed by atoms with E-state index in [4.69, 9.17) is 9.84 Å². The first kappa shape index (κ1) is 21.3. The molecule has 0 aliphatic heterocycles. The minimum absolute atomic E-state index is 0.127. The first-order valence-electron chi connectivity index (χ1n) is 9.75. The second-order valence-electron chi connectivity index (χ2n) is 7.81. The van der Waals surface area contributed by atoms with Crippen molar-refractivity contribution in [1.29, 1.82) is 0 Å². The number of esters is 1. The molecule has 2 aromatic rings. The van der Waals surface area contributed by atoms with E-state index < -0.39 is 11.8 Å². The number of halogens is 1. The van der Waals surface area contributed by atoms with Gasteiger partial charge in [0.2, 0.25) is 0 Å². The molecule has 0 heterocycles. The van der Waals surface area contributed by atoms with Gasteiger partial charge in [0.05, 0.1) is 18.6 Å². The lowest BCUT2D eigenvalue weighted by molar-refractivity contribution is -0.137. The molecule has 3 rings (SSSR count). The highest BCUT2D eigenvalue weighted by molar-refractivity contribution is 6.17. The summed E-state index contributed by atoms with van der Waals surface area (Å²) in [5.41, 5.74) is 3.62. The number of hydrogen-bond donors (Lipinski definition) is 1. The molecule has 4 nitrogen and oxygen atoms in total. The molecule has 0 radical (unpaired) electrons. The average molecular weight is 406 g/mol. The van der Waals surface area contributed by atoms with Gasteiger partial charge in [0.25, 0.3) is 0 Å². The van der Waals surface area contributed by atoms with Crippen LogP contribution in [0.2, 0.25) is 0 Å². The number of allylic oxidation sites excluding steroid dienone is 1. The summed E-state index contributed by atoms with van der Waals surface area (Å²) in [6.07, 6.45) is 2.27. The van der Waals surface area contributed by atoms with E-state index in [0.717, 1.165) is 16.7 Å². The predicted molar refractivity (Wildman–Crippen MR) is 112 cm³/mol. The molecule has 0 saturated carbocycles. The zero-order valence-electron chi connectivity index (χ0n) is 17.2. The largest absolute Gasteiger partial charge is 0.481 e. The Morgan fingerprint density at radius 3 is 2.43 bits per heavy atom. The highest BCUT2D eigenvalue weighted by Crippen LogP contribution is 2.39. The van der Waals surface area contributed by atoms with Crippen LogP contribution in [0.4, 0.5) is 4.39 Å². The third-order valence-electron chi connectivity index (χ3n) is 5.10. The van der Waals surface area contributed by atoms with Gasteiger partial charge in [-0.3, -0.25) is 4.79 Å². The number of aliphatic carboxylic acids is 1. The second-order valence-corrected chi connectivity index (χ2v) is 7.81. The maximum Gasteiger partial charge on any atom is 0.338 e. The van der Waals surface area contributed by atoms with Gasteiger partial charge in [0.1, 0.15) is 5.82 Å². The monoisotopic (exact) mass is 406 g/mol. The Balaban J connectivity index is 1.92. The molecule has 0 atom stereocenters. The number of rotatable bonds is 4. The molecule has 0 spiro atoms. The van der Waals surface area contributed by atoms with Crippen LogP contribution < -0.4 is 0 Å². The third-order valence-corrected chi connectivity index (χ3v) is 5.10. The van der Waals surface area contributed by atoms with Crippen molar-refractivity contribution < 1.29 is 23.8 Å². The smallest absolute Gasteiger partial charge is 0.338 e. The van der Waals surface area contributed by atoms with Gasteiger partial charge in [-0.05, 0) is 59.7 Å². The molecule has 1 aliphatic carbocycles. The summed E-state index contributed by atoms with van der Waals surface area (Å²) in [6, 6.07) is 9.96. The number of fused-ring (bicyclic) bond motifs is 1. The number of carbonyl (C=O) groups excluding carboxylic acids is 1. The van der Waals surface area contributed by atoms with Gasteiger partial charge >= 0.3 is 11.9 Å². The minimum atomic E-state index is -1.08. The summed E-state index contributed by atoms with van der Waals surface area (Å²) >= 11 is 0. The highest BCUT2D eigenvalue weighted by atomic mass is 19.1. The Morgan fingerprint density at radius 2 is 1.80 bits per heavy atom. The summed E-state index contributed by atoms with van der Waals surface area (Å²) in [4.78, 5) is 23.1. The molecule has 0 saturated heterocycles. The third kappa shape index (κ3) is 4.60. The molecule has 5 heteroatoms. The van der Waals surface area contributed by atoms with Crippen LogP contribution in [0.3, 0.4) is 0 Å². The summed E-state index contributed by atoms with van der Waals surface area (Å²) < 4.78 is 19.2. The molecular formula is C25H23FO4. The van der Waals surface area contributed by atoms with Crippen molar-refractivity contribution >= 4 is 17.5 Å². The fourth-order valence-corrected chi connectivity index (χ4v) is 3.47. The van der Waals surface area contributed by atoms with Crippen molar-refractivity contribution in [3.8, 4) is 11.8 Å². The molecule has 0 bridgehead atoms. The first-order chi connectivity index (χ1) is 14.2. The second kappa shape index (κ2) is 8.54. The van der Waals surface area contributed by atoms with Gasteiger partial charge in [-0.15, -0.1) is 0 Å². The van der Waals surface area contributed by atoms with Crippen LogP contribution in [-0.4, -0.2) is 23.7 Å². The molecule has 0 amide bonds. The summed E-state index contributed by atoms with van der Waals surface area (Å²) in [7, 11) is 0. The van der Waals surface area contributed by atoms with Crippen molar-refractivity contribution in [3.63, 3.8) is 0 Å². The maximum atomic E-state index is 14.1. The lowest BCUT2D eigenvalue weighted by Crippen LogP contribution is -2.24. The van der Waals surface area contributed by atoms with Gasteiger partial charge in [-0.1, -0.05) is 43.9 Å². The number of benzene rings is 2. The van der Waals surface area contributed by atoms with Gasteiger partial charge in [0.15, 0.2) is 0 Å². The minimum Gasteiger partial charge on any atom is -0.481 e. The first-order valence-corrected chi connectivity index (χ1v) is 9.75. The van der Waals surface area contributed by atoms with E-state index in [1.54, 1.807) is 13.0 Å². The maximum absolute atomic E-state index is 14.1. The molecule has 0 fully saturated rings. The molecule has 154 valence electrons. The van der Waals surface area contributed by atoms with E-state index in [0.29, 0.717) is 24.2 Å². The fraction of sp³-hybridized carbons (Fsp3) is 0.280. The van der Waals surface area contributed by atoms with E-state index in [2.05, 4.69) is 25.7 Å². The van der Waals surface area contributed by atoms with Crippen LogP contribution in [0.5, 0.6) is 0 Å². The van der Waals surface area contributed by atoms with Crippen LogP contribution >= 0.6 is 0 Å². The standard InChI is InChI=1S/C25H23FO4/c1-4-30-24(29)20-11-12-25(2,3)21-13-16(8-10-19(20)21)5-6-17-7-9-18(15-23(27)28)22(26)14-17/h7-11,13-14H,4,12,15H2,1-3H3,(H,27,28). The van der Waals surface area contributed by atoms with Crippen LogP contribution in [0.25, 0.3) is 5.57 Å². The Morgan fingerprint density at radius 1 is 1.13 bits per heavy atom. The summed E-state index contributed by atoms with van der Waals surface area (Å²) in [5, 5.41) is 8.81. The topological polar surface area (TPSA) is 63.6 Å². The van der Waals surface area contributed by atoms with Crippen molar-refractivity contribution in [3.05, 3.63) is 76.1 Å². The number of carbonyl (C=O) groups is 2. The number of carboxylic acids is 1. The summed E-state index contributed by atoms with van der Waals surface area (Å²) in [6.45, 7) is 6.32. The Bertz CT molecular complexity index is 1100. The SMILES string of the molecule is CCOC(=O)C1=CCC(C)(C)c2cc(C#Cc3ccc(CC(=O)O)c(F)c3)ccc21. The number of ether oxygens (including phenoxy) is 1. The Kier molecular flexibility index (Phi) is 6.07. The molecule has 1 N–H and O–H groups in total. The van der Waals surface area contributed by atoms with E-state index in [-0.39, 0.29) is 23.4 Å². The van der Waals surface area contributed by atoms with Gasteiger partial charge in [-0.2, -0.15) is 0 Å². The molecule has 2 aromatic carbocycles. The Labute approximate surface area is 175 Å². The predicted octanol–water partition coefficient (Wildman–Crippen LogP) is 4.48. The lowest BCUT2D eigenvalue weighted by atomic mass is 9.73. The molecule has 1 aliphatic rings. The van der Waals surface area contributed by atoms with Crippen LogP contribution in [-0.2, 0) is 26.2 Å². The fourth-order valence-electron chi connectivity index (χ4n) is 3.47. The molecule has 30 heavy (non-hydrogen) atoms. The van der Waals surface area contributed by atoms with Crippen molar-refractivity contribution in [1.82, 2.24) is 0 Å². The van der Waals surface area contributed by atoms with Crippen LogP contribution in [0.15, 0.2) is 42.5 Å². The number of carboxylic acid groups (broad SMARTS) is 1. The van der Waals surface area contributed by atoms with Crippen molar-refractivity contribution in [2.45, 2.75) is 39.0 Å². The van der Waals surface area contributed by atoms with E-state index in [1.165, 1.54) is 12.1 Å². The normalized spacial score (nSPS) is 14.1. The van der Waals surface area contributed by atoms with E-state index in [1.807, 2.05) is 24.3 Å². The van der Waals surface area contributed by atoms with E-state index >= 15 is 0 Å². The quantitative estimate of drug-likeness (QED) is 0.601. The summed E-state index contributed by atoms with van der Waals surface area (Å²) in [5.74, 6) is 3.97. The Hall–Kier alpha value is -3.39. The highest BCUT2D eigenvalue weighted by Gasteiger charge is 2.31. The lowest BCUT2D eigenvalue weighted by Gasteiger charge is -2.31. The van der Waals surface area contributed by atoms with Gasteiger partial charge in [0, 0.05) is 11.1 Å². The molecule has 0 aromatic heterocycles. The van der Waals surface area contributed by atoms with Crippen LogP contribution in [0.1, 0.15) is 55.0 Å². The van der Waals surface area contributed by atoms with Crippen molar-refractivity contribution in [2.24, 2.45) is 0 Å². The zero-order chi connectivity index (χ0) is 21.9. The molecular weight excluding hydrogens is 383 g/mol. The van der Waals surface area contributed by atoms with Crippen LogP contribution in [0, 0.1) is 17.7 Å². The van der Waals surface area contributed by atoms with Gasteiger partial charge in [-0.25, -0.2) is 9.18 Å². The van der Waals surface area contributed by atoms with E-state index in [9.17, 15) is 14.0 Å². The van der Waals surface area contributed by atoms with Gasteiger partial charge < -0.3 is 9.84 Å². The van der Waals surface area contributed by atoms with Crippen molar-refractivity contribution in [2.75, 3.05) is 6.61 Å². The average Bonchev–Trinajstić information content (AvgIpc) is 2.68. The zero-order valence-corrected chi connectivity index (χ0v) is 17.2. The number of hydrogen-bond acceptors (Lipinski definition) is 3. The molecule has 0 unspecified atom stereocenters.